The second-order valence-corrected chi connectivity index (χ2v) is 8.37. The monoisotopic (exact) mass is 355 g/mol. The summed E-state index contributed by atoms with van der Waals surface area (Å²) < 4.78 is 5.19. The Kier molecular flexibility index (Phi) is 8.06. The maximum atomic E-state index is 12.8. The van der Waals surface area contributed by atoms with Crippen LogP contribution in [0.2, 0.25) is 0 Å². The van der Waals surface area contributed by atoms with Gasteiger partial charge >= 0.3 is 6.09 Å². The van der Waals surface area contributed by atoms with Crippen LogP contribution < -0.4 is 5.32 Å². The molecule has 144 valence electrons. The standard InChI is InChI=1S/C19H33NO5/c1-12(2)11-14(21)17(23)15(20-18(24)25-19(3,4)5)16(22)13-9-7-6-8-10-13/h12-13,15,17,23H,6-11H2,1-5H3,(H,20,24)/t15-,17+/m1/s1. The van der Waals surface area contributed by atoms with Crippen molar-refractivity contribution in [3.63, 3.8) is 0 Å². The maximum Gasteiger partial charge on any atom is 0.408 e. The lowest BCUT2D eigenvalue weighted by molar-refractivity contribution is -0.137. The van der Waals surface area contributed by atoms with Gasteiger partial charge in [-0.3, -0.25) is 9.59 Å². The highest BCUT2D eigenvalue weighted by Gasteiger charge is 2.38. The third-order valence-corrected chi connectivity index (χ3v) is 4.24. The minimum atomic E-state index is -1.54. The Labute approximate surface area is 150 Å². The molecule has 1 rings (SSSR count). The van der Waals surface area contributed by atoms with Gasteiger partial charge in [-0.15, -0.1) is 0 Å². The Morgan fingerprint density at radius 1 is 1.12 bits per heavy atom. The molecule has 6 heteroatoms. The first-order valence-electron chi connectivity index (χ1n) is 9.25. The van der Waals surface area contributed by atoms with E-state index >= 15 is 0 Å². The summed E-state index contributed by atoms with van der Waals surface area (Å²) in [5.74, 6) is -0.861. The molecule has 1 fully saturated rings. The van der Waals surface area contributed by atoms with Crippen LogP contribution in [0.1, 0.15) is 73.1 Å². The van der Waals surface area contributed by atoms with Gasteiger partial charge in [-0.25, -0.2) is 4.79 Å². The van der Waals surface area contributed by atoms with E-state index in [9.17, 15) is 19.5 Å². The van der Waals surface area contributed by atoms with Crippen LogP contribution in [0.5, 0.6) is 0 Å². The number of hydrogen-bond donors (Lipinski definition) is 2. The molecule has 6 nitrogen and oxygen atoms in total. The highest BCUT2D eigenvalue weighted by Crippen LogP contribution is 2.26. The van der Waals surface area contributed by atoms with Crippen molar-refractivity contribution >= 4 is 17.7 Å². The number of Topliss-reactive ketones (excluding diaryl/α,β-unsaturated/α-hetero) is 2. The van der Waals surface area contributed by atoms with Crippen molar-refractivity contribution in [2.45, 2.75) is 90.9 Å². The van der Waals surface area contributed by atoms with Crippen molar-refractivity contribution in [2.24, 2.45) is 11.8 Å². The van der Waals surface area contributed by atoms with E-state index in [0.717, 1.165) is 32.1 Å². The molecule has 0 saturated heterocycles. The molecule has 1 aliphatic rings. The molecule has 0 heterocycles. The molecule has 1 amide bonds. The lowest BCUT2D eigenvalue weighted by Gasteiger charge is -2.29. The maximum absolute atomic E-state index is 12.8. The smallest absolute Gasteiger partial charge is 0.408 e. The highest BCUT2D eigenvalue weighted by atomic mass is 16.6. The number of carbonyl (C=O) groups is 3. The molecular formula is C19H33NO5. The number of hydrogen-bond acceptors (Lipinski definition) is 5. The summed E-state index contributed by atoms with van der Waals surface area (Å²) in [4.78, 5) is 37.2. The SMILES string of the molecule is CC(C)CC(=O)[C@H](O)[C@H](NC(=O)OC(C)(C)C)C(=O)C1CCCCC1. The second kappa shape index (κ2) is 9.32. The number of rotatable bonds is 7. The predicted octanol–water partition coefficient (Wildman–Crippen LogP) is 3.01. The van der Waals surface area contributed by atoms with Crippen LogP contribution in [0, 0.1) is 11.8 Å². The van der Waals surface area contributed by atoms with E-state index in [1.807, 2.05) is 13.8 Å². The van der Waals surface area contributed by atoms with Crippen LogP contribution >= 0.6 is 0 Å². The Hall–Kier alpha value is -1.43. The number of nitrogens with one attached hydrogen (secondary N) is 1. The van der Waals surface area contributed by atoms with Crippen LogP contribution in [0.4, 0.5) is 4.79 Å². The highest BCUT2D eigenvalue weighted by molar-refractivity contribution is 5.96. The second-order valence-electron chi connectivity index (χ2n) is 8.37. The molecule has 1 aliphatic carbocycles. The third-order valence-electron chi connectivity index (χ3n) is 4.24. The number of ketones is 2. The van der Waals surface area contributed by atoms with Crippen molar-refractivity contribution in [1.29, 1.82) is 0 Å². The zero-order chi connectivity index (χ0) is 19.2. The summed E-state index contributed by atoms with van der Waals surface area (Å²) in [6.45, 7) is 8.87. The molecule has 0 bridgehead atoms. The van der Waals surface area contributed by atoms with Gasteiger partial charge in [-0.05, 0) is 39.5 Å². The van der Waals surface area contributed by atoms with Crippen LogP contribution in [0.15, 0.2) is 0 Å². The normalized spacial score (nSPS) is 18.5. The van der Waals surface area contributed by atoms with Gasteiger partial charge in [0, 0.05) is 12.3 Å². The first-order chi connectivity index (χ1) is 11.5. The fourth-order valence-corrected chi connectivity index (χ4v) is 3.09. The molecule has 0 aromatic rings. The van der Waals surface area contributed by atoms with Crippen molar-refractivity contribution in [3.8, 4) is 0 Å². The number of carbonyl (C=O) groups excluding carboxylic acids is 3. The number of aliphatic hydroxyl groups excluding tert-OH is 1. The van der Waals surface area contributed by atoms with Gasteiger partial charge in [0.2, 0.25) is 0 Å². The molecule has 1 saturated carbocycles. The van der Waals surface area contributed by atoms with Gasteiger partial charge in [-0.2, -0.15) is 0 Å². The Morgan fingerprint density at radius 2 is 1.68 bits per heavy atom. The van der Waals surface area contributed by atoms with Crippen molar-refractivity contribution < 1.29 is 24.2 Å². The molecule has 0 aromatic heterocycles. The molecule has 0 radical (unpaired) electrons. The third kappa shape index (κ3) is 7.55. The van der Waals surface area contributed by atoms with E-state index in [1.54, 1.807) is 20.8 Å². The molecule has 0 unspecified atom stereocenters. The van der Waals surface area contributed by atoms with Crippen molar-refractivity contribution in [3.05, 3.63) is 0 Å². The molecule has 2 N–H and O–H groups in total. The summed E-state index contributed by atoms with van der Waals surface area (Å²) in [6.07, 6.45) is 2.28. The molecule has 0 aliphatic heterocycles. The average molecular weight is 355 g/mol. The lowest BCUT2D eigenvalue weighted by Crippen LogP contribution is -2.54. The predicted molar refractivity (Wildman–Crippen MR) is 95.2 cm³/mol. The first-order valence-corrected chi connectivity index (χ1v) is 9.25. The fourth-order valence-electron chi connectivity index (χ4n) is 3.09. The fraction of sp³-hybridized carbons (Fsp3) is 0.842. The van der Waals surface area contributed by atoms with Crippen LogP contribution in [0.3, 0.4) is 0 Å². The Balaban J connectivity index is 2.90. The van der Waals surface area contributed by atoms with Crippen LogP contribution in [-0.4, -0.2) is 40.5 Å². The van der Waals surface area contributed by atoms with Gasteiger partial charge in [0.05, 0.1) is 0 Å². The number of aliphatic hydroxyl groups is 1. The van der Waals surface area contributed by atoms with Crippen molar-refractivity contribution in [2.75, 3.05) is 0 Å². The molecule has 0 spiro atoms. The summed E-state index contributed by atoms with van der Waals surface area (Å²) in [6, 6.07) is -1.25. The summed E-state index contributed by atoms with van der Waals surface area (Å²) in [5, 5.41) is 12.9. The minimum Gasteiger partial charge on any atom is -0.444 e. The van der Waals surface area contributed by atoms with E-state index in [-0.39, 0.29) is 24.0 Å². The van der Waals surface area contributed by atoms with Crippen LogP contribution in [0.25, 0.3) is 0 Å². The average Bonchev–Trinajstić information content (AvgIpc) is 2.49. The zero-order valence-electron chi connectivity index (χ0n) is 16.1. The van der Waals surface area contributed by atoms with E-state index < -0.39 is 29.6 Å². The molecule has 0 aromatic carbocycles. The van der Waals surface area contributed by atoms with Gasteiger partial charge in [0.1, 0.15) is 17.7 Å². The van der Waals surface area contributed by atoms with Crippen LogP contribution in [-0.2, 0) is 14.3 Å². The topological polar surface area (TPSA) is 92.7 Å². The number of alkyl carbamates (subject to hydrolysis) is 1. The quantitative estimate of drug-likeness (QED) is 0.732. The van der Waals surface area contributed by atoms with Gasteiger partial charge in [-0.1, -0.05) is 33.1 Å². The van der Waals surface area contributed by atoms with Gasteiger partial charge in [0.25, 0.3) is 0 Å². The summed E-state index contributed by atoms with van der Waals surface area (Å²) in [5.41, 5.74) is -0.727. The largest absolute Gasteiger partial charge is 0.444 e. The van der Waals surface area contributed by atoms with E-state index in [4.69, 9.17) is 4.74 Å². The Morgan fingerprint density at radius 3 is 2.16 bits per heavy atom. The first kappa shape index (κ1) is 21.6. The minimum absolute atomic E-state index is 0.0640. The van der Waals surface area contributed by atoms with Crippen molar-refractivity contribution in [1.82, 2.24) is 5.32 Å². The lowest BCUT2D eigenvalue weighted by atomic mass is 9.81. The van der Waals surface area contributed by atoms with Gasteiger partial charge < -0.3 is 15.2 Å². The van der Waals surface area contributed by atoms with E-state index in [0.29, 0.717) is 0 Å². The van der Waals surface area contributed by atoms with Gasteiger partial charge in [0.15, 0.2) is 11.6 Å². The molecule has 2 atom stereocenters. The van der Waals surface area contributed by atoms with E-state index in [1.165, 1.54) is 0 Å². The van der Waals surface area contributed by atoms with E-state index in [2.05, 4.69) is 5.32 Å². The zero-order valence-corrected chi connectivity index (χ0v) is 16.1. The number of ether oxygens (including phenoxy) is 1. The molecular weight excluding hydrogens is 322 g/mol. The summed E-state index contributed by atoms with van der Waals surface area (Å²) >= 11 is 0. The molecule has 25 heavy (non-hydrogen) atoms. The number of amides is 1. The Bertz CT molecular complexity index is 475. The summed E-state index contributed by atoms with van der Waals surface area (Å²) in [7, 11) is 0.